The highest BCUT2D eigenvalue weighted by atomic mass is 15.1. The molecule has 0 radical (unpaired) electrons. The van der Waals surface area contributed by atoms with E-state index in [0.29, 0.717) is 6.04 Å². The zero-order valence-corrected chi connectivity index (χ0v) is 10.2. The average molecular weight is 221 g/mol. The number of aromatic nitrogens is 2. The van der Waals surface area contributed by atoms with Crippen molar-refractivity contribution in [2.45, 2.75) is 51.5 Å². The Labute approximate surface area is 98.1 Å². The Bertz CT molecular complexity index is 319. The maximum absolute atomic E-state index is 5.64. The quantitative estimate of drug-likeness (QED) is 0.849. The van der Waals surface area contributed by atoms with Crippen LogP contribution in [0.5, 0.6) is 0 Å². The van der Waals surface area contributed by atoms with Crippen molar-refractivity contribution in [2.24, 2.45) is 11.7 Å². The van der Waals surface area contributed by atoms with Crippen LogP contribution >= 0.6 is 0 Å². The number of rotatable bonds is 4. The topological polar surface area (TPSA) is 43.8 Å². The van der Waals surface area contributed by atoms with Crippen molar-refractivity contribution in [1.29, 1.82) is 0 Å². The molecule has 16 heavy (non-hydrogen) atoms. The minimum atomic E-state index is 0.669. The second kappa shape index (κ2) is 5.48. The summed E-state index contributed by atoms with van der Waals surface area (Å²) in [5, 5.41) is 0. The van der Waals surface area contributed by atoms with Gasteiger partial charge in [0, 0.05) is 24.4 Å². The van der Waals surface area contributed by atoms with E-state index in [1.165, 1.54) is 37.8 Å². The average Bonchev–Trinajstić information content (AvgIpc) is 2.77. The summed E-state index contributed by atoms with van der Waals surface area (Å²) in [5.41, 5.74) is 6.96. The molecule has 0 aliphatic heterocycles. The molecule has 2 rings (SSSR count). The maximum atomic E-state index is 5.64. The Morgan fingerprint density at radius 3 is 3.00 bits per heavy atom. The normalized spacial score (nSPS) is 25.9. The predicted molar refractivity (Wildman–Crippen MR) is 66.3 cm³/mol. The molecule has 1 aliphatic rings. The molecule has 2 atom stereocenters. The summed E-state index contributed by atoms with van der Waals surface area (Å²) in [6.07, 6.45) is 11.7. The summed E-state index contributed by atoms with van der Waals surface area (Å²) in [5.74, 6) is 0.833. The van der Waals surface area contributed by atoms with Crippen LogP contribution in [0.4, 0.5) is 0 Å². The highest BCUT2D eigenvalue weighted by Crippen LogP contribution is 2.36. The van der Waals surface area contributed by atoms with Gasteiger partial charge in [-0.05, 0) is 25.3 Å². The number of nitrogens with zero attached hydrogens (tertiary/aromatic N) is 2. The van der Waals surface area contributed by atoms with E-state index in [4.69, 9.17) is 5.73 Å². The molecule has 2 unspecified atom stereocenters. The third-order valence-corrected chi connectivity index (χ3v) is 3.90. The van der Waals surface area contributed by atoms with Gasteiger partial charge in [-0.25, -0.2) is 4.98 Å². The molecule has 2 N–H and O–H groups in total. The van der Waals surface area contributed by atoms with Gasteiger partial charge in [-0.15, -0.1) is 0 Å². The van der Waals surface area contributed by atoms with Crippen molar-refractivity contribution in [3.05, 3.63) is 18.2 Å². The Morgan fingerprint density at radius 2 is 2.25 bits per heavy atom. The summed E-state index contributed by atoms with van der Waals surface area (Å²) >= 11 is 0. The second-order valence-electron chi connectivity index (χ2n) is 4.85. The molecule has 0 amide bonds. The lowest BCUT2D eigenvalue weighted by Crippen LogP contribution is -2.24. The van der Waals surface area contributed by atoms with E-state index in [2.05, 4.69) is 16.5 Å². The van der Waals surface area contributed by atoms with E-state index >= 15 is 0 Å². The first kappa shape index (κ1) is 11.6. The molecule has 1 aromatic heterocycles. The number of hydrogen-bond donors (Lipinski definition) is 1. The van der Waals surface area contributed by atoms with Gasteiger partial charge in [-0.1, -0.05) is 26.2 Å². The van der Waals surface area contributed by atoms with Gasteiger partial charge in [0.1, 0.15) is 0 Å². The van der Waals surface area contributed by atoms with Crippen LogP contribution in [0.15, 0.2) is 12.5 Å². The number of imidazole rings is 1. The molecule has 1 heterocycles. The zero-order valence-electron chi connectivity index (χ0n) is 10.2. The van der Waals surface area contributed by atoms with Gasteiger partial charge in [0.25, 0.3) is 0 Å². The summed E-state index contributed by atoms with van der Waals surface area (Å²) in [4.78, 5) is 4.29. The monoisotopic (exact) mass is 221 g/mol. The molecule has 1 fully saturated rings. The molecule has 0 saturated heterocycles. The van der Waals surface area contributed by atoms with E-state index in [9.17, 15) is 0 Å². The molecule has 1 saturated carbocycles. The van der Waals surface area contributed by atoms with Gasteiger partial charge in [0.15, 0.2) is 0 Å². The minimum Gasteiger partial charge on any atom is -0.331 e. The maximum Gasteiger partial charge on any atom is 0.0950 e. The standard InChI is InChI=1S/C13H23N3/c1-2-11-5-3-4-6-13(11)16-10-15-9-12(16)7-8-14/h9-11,13H,2-8,14H2,1H3. The van der Waals surface area contributed by atoms with E-state index in [0.717, 1.165) is 18.9 Å². The molecule has 1 aromatic rings. The first-order chi connectivity index (χ1) is 7.86. The molecule has 1 aliphatic carbocycles. The van der Waals surface area contributed by atoms with Crippen molar-refractivity contribution < 1.29 is 0 Å². The fraction of sp³-hybridized carbons (Fsp3) is 0.769. The minimum absolute atomic E-state index is 0.669. The first-order valence-corrected chi connectivity index (χ1v) is 6.57. The lowest BCUT2D eigenvalue weighted by Gasteiger charge is -2.33. The zero-order chi connectivity index (χ0) is 11.4. The molecule has 0 aromatic carbocycles. The lowest BCUT2D eigenvalue weighted by molar-refractivity contribution is 0.229. The molecule has 3 heteroatoms. The van der Waals surface area contributed by atoms with Crippen molar-refractivity contribution in [3.8, 4) is 0 Å². The van der Waals surface area contributed by atoms with Crippen molar-refractivity contribution in [2.75, 3.05) is 6.54 Å². The molecule has 0 spiro atoms. The van der Waals surface area contributed by atoms with E-state index in [1.54, 1.807) is 0 Å². The smallest absolute Gasteiger partial charge is 0.0950 e. The fourth-order valence-corrected chi connectivity index (χ4v) is 3.00. The van der Waals surface area contributed by atoms with Crippen molar-refractivity contribution in [1.82, 2.24) is 9.55 Å². The Kier molecular flexibility index (Phi) is 3.99. The van der Waals surface area contributed by atoms with Crippen LogP contribution in [-0.2, 0) is 6.42 Å². The molecular weight excluding hydrogens is 198 g/mol. The molecule has 0 bridgehead atoms. The van der Waals surface area contributed by atoms with Crippen LogP contribution < -0.4 is 5.73 Å². The van der Waals surface area contributed by atoms with Crippen LogP contribution in [0.3, 0.4) is 0 Å². The van der Waals surface area contributed by atoms with E-state index in [-0.39, 0.29) is 0 Å². The van der Waals surface area contributed by atoms with Crippen molar-refractivity contribution in [3.63, 3.8) is 0 Å². The largest absolute Gasteiger partial charge is 0.331 e. The fourth-order valence-electron chi connectivity index (χ4n) is 3.00. The van der Waals surface area contributed by atoms with Crippen LogP contribution in [-0.4, -0.2) is 16.1 Å². The van der Waals surface area contributed by atoms with Crippen LogP contribution in [0.25, 0.3) is 0 Å². The Morgan fingerprint density at radius 1 is 1.44 bits per heavy atom. The van der Waals surface area contributed by atoms with E-state index < -0.39 is 0 Å². The lowest BCUT2D eigenvalue weighted by atomic mass is 9.82. The van der Waals surface area contributed by atoms with Gasteiger partial charge in [0.2, 0.25) is 0 Å². The van der Waals surface area contributed by atoms with Gasteiger partial charge in [0.05, 0.1) is 6.33 Å². The van der Waals surface area contributed by atoms with E-state index in [1.807, 2.05) is 12.5 Å². The van der Waals surface area contributed by atoms with Gasteiger partial charge < -0.3 is 10.3 Å². The first-order valence-electron chi connectivity index (χ1n) is 6.57. The number of hydrogen-bond acceptors (Lipinski definition) is 2. The van der Waals surface area contributed by atoms with Crippen LogP contribution in [0.2, 0.25) is 0 Å². The summed E-state index contributed by atoms with van der Waals surface area (Å²) in [6.45, 7) is 3.03. The summed E-state index contributed by atoms with van der Waals surface area (Å²) in [6, 6.07) is 0.669. The predicted octanol–water partition coefficient (Wildman–Crippen LogP) is 2.53. The highest BCUT2D eigenvalue weighted by molar-refractivity contribution is 5.02. The Balaban J connectivity index is 2.16. The van der Waals surface area contributed by atoms with Crippen LogP contribution in [0.1, 0.15) is 50.8 Å². The third kappa shape index (κ3) is 2.29. The van der Waals surface area contributed by atoms with Crippen LogP contribution in [0, 0.1) is 5.92 Å². The van der Waals surface area contributed by atoms with Gasteiger partial charge >= 0.3 is 0 Å². The summed E-state index contributed by atoms with van der Waals surface area (Å²) in [7, 11) is 0. The highest BCUT2D eigenvalue weighted by Gasteiger charge is 2.25. The van der Waals surface area contributed by atoms with Gasteiger partial charge in [-0.2, -0.15) is 0 Å². The molecular formula is C13H23N3. The van der Waals surface area contributed by atoms with Crippen molar-refractivity contribution >= 4 is 0 Å². The molecule has 90 valence electrons. The number of nitrogens with two attached hydrogens (primary N) is 1. The SMILES string of the molecule is CCC1CCCCC1n1cncc1CCN. The molecule has 3 nitrogen and oxygen atoms in total. The third-order valence-electron chi connectivity index (χ3n) is 3.90. The summed E-state index contributed by atoms with van der Waals surface area (Å²) < 4.78 is 2.39. The van der Waals surface area contributed by atoms with Gasteiger partial charge in [-0.3, -0.25) is 0 Å². The second-order valence-corrected chi connectivity index (χ2v) is 4.85. The Hall–Kier alpha value is -0.830.